The molecule has 0 unspecified atom stereocenters. The zero-order valence-corrected chi connectivity index (χ0v) is 12.3. The number of halogens is 3. The second-order valence-electron chi connectivity index (χ2n) is 3.44. The maximum Gasteiger partial charge on any atom is 0.337 e. The Balaban J connectivity index is 2.17. The van der Waals surface area contributed by atoms with E-state index in [1.165, 1.54) is 6.20 Å². The quantitative estimate of drug-likeness (QED) is 0.895. The van der Waals surface area contributed by atoms with Gasteiger partial charge in [-0.25, -0.2) is 10.1 Å². The van der Waals surface area contributed by atoms with E-state index in [9.17, 15) is 4.79 Å². The van der Waals surface area contributed by atoms with Gasteiger partial charge < -0.3 is 4.74 Å². The molecule has 7 nitrogen and oxygen atoms in total. The number of nitrogens with zero attached hydrogens (tertiary/aromatic N) is 3. The summed E-state index contributed by atoms with van der Waals surface area (Å²) in [7, 11) is 0. The summed E-state index contributed by atoms with van der Waals surface area (Å²) in [5, 5.41) is 8.82. The summed E-state index contributed by atoms with van der Waals surface area (Å²) in [6, 6.07) is 0.121. The van der Waals surface area contributed by atoms with Gasteiger partial charge in [0.05, 0.1) is 21.7 Å². The van der Waals surface area contributed by atoms with Crippen LogP contribution in [0.15, 0.2) is 6.20 Å². The molecule has 0 saturated carbocycles. The maximum atomic E-state index is 12.0. The molecule has 2 aromatic heterocycles. The molecule has 106 valence electrons. The lowest BCUT2D eigenvalue weighted by Crippen LogP contribution is -2.15. The summed E-state index contributed by atoms with van der Waals surface area (Å²) in [6.45, 7) is 2.19. The van der Waals surface area contributed by atoms with Gasteiger partial charge >= 0.3 is 6.01 Å². The van der Waals surface area contributed by atoms with Crippen molar-refractivity contribution in [2.75, 3.05) is 11.9 Å². The zero-order chi connectivity index (χ0) is 14.7. The summed E-state index contributed by atoms with van der Waals surface area (Å²) >= 11 is 17.5. The molecule has 10 heteroatoms. The lowest BCUT2D eigenvalue weighted by molar-refractivity contribution is 0.102. The van der Waals surface area contributed by atoms with Crippen LogP contribution >= 0.6 is 34.8 Å². The number of rotatable bonds is 4. The van der Waals surface area contributed by atoms with E-state index in [4.69, 9.17) is 39.5 Å². The van der Waals surface area contributed by atoms with E-state index in [1.54, 1.807) is 6.92 Å². The number of carbonyl (C=O) groups is 1. The number of aromatic nitrogens is 4. The molecule has 0 aliphatic carbocycles. The Morgan fingerprint density at radius 1 is 1.40 bits per heavy atom. The second-order valence-corrected chi connectivity index (χ2v) is 4.60. The molecule has 0 fully saturated rings. The summed E-state index contributed by atoms with van der Waals surface area (Å²) in [5.74, 6) is -0.504. The molecule has 0 radical (unpaired) electrons. The van der Waals surface area contributed by atoms with E-state index >= 15 is 0 Å². The van der Waals surface area contributed by atoms with E-state index in [0.29, 0.717) is 6.61 Å². The van der Waals surface area contributed by atoms with Crippen molar-refractivity contribution in [3.05, 3.63) is 27.0 Å². The van der Waals surface area contributed by atoms with Gasteiger partial charge in [0.15, 0.2) is 0 Å². The predicted molar refractivity (Wildman–Crippen MR) is 74.8 cm³/mol. The number of amides is 1. The van der Waals surface area contributed by atoms with Gasteiger partial charge in [0, 0.05) is 6.20 Å². The number of anilines is 1. The van der Waals surface area contributed by atoms with Crippen LogP contribution < -0.4 is 10.1 Å². The minimum Gasteiger partial charge on any atom is -0.463 e. The Hall–Kier alpha value is -1.57. The largest absolute Gasteiger partial charge is 0.463 e. The summed E-state index contributed by atoms with van der Waals surface area (Å²) in [5.41, 5.74) is -0.0737. The highest BCUT2D eigenvalue weighted by molar-refractivity contribution is 6.49. The molecule has 1 amide bonds. The molecule has 0 aliphatic heterocycles. The molecule has 2 rings (SSSR count). The highest BCUT2D eigenvalue weighted by Crippen LogP contribution is 2.31. The molecule has 0 atom stereocenters. The molecule has 20 heavy (non-hydrogen) atoms. The first-order valence-corrected chi connectivity index (χ1v) is 6.52. The first-order chi connectivity index (χ1) is 9.52. The van der Waals surface area contributed by atoms with Crippen molar-refractivity contribution >= 4 is 46.7 Å². The number of hydrogen-bond acceptors (Lipinski definition) is 5. The van der Waals surface area contributed by atoms with Gasteiger partial charge in [0.1, 0.15) is 5.69 Å². The third kappa shape index (κ3) is 3.12. The third-order valence-corrected chi connectivity index (χ3v) is 3.34. The minimum atomic E-state index is -0.604. The molecule has 2 N–H and O–H groups in total. The van der Waals surface area contributed by atoms with Crippen LogP contribution in [-0.4, -0.2) is 32.7 Å². The standard InChI is InChI=1S/C10H8Cl3N5O2/c1-2-20-10-16-9(17-18-10)15-8(19)7-6(13)5(12)4(11)3-14-7/h3H,2H2,1H3,(H2,15,16,17,18,19). The number of ether oxygens (including phenoxy) is 1. The van der Waals surface area contributed by atoms with Crippen molar-refractivity contribution in [2.24, 2.45) is 0 Å². The predicted octanol–water partition coefficient (Wildman–Crippen LogP) is 2.81. The molecule has 0 saturated heterocycles. The average Bonchev–Trinajstić information content (AvgIpc) is 2.84. The van der Waals surface area contributed by atoms with Gasteiger partial charge in [-0.15, -0.1) is 5.10 Å². The fraction of sp³-hybridized carbons (Fsp3) is 0.200. The van der Waals surface area contributed by atoms with Crippen molar-refractivity contribution in [1.29, 1.82) is 0 Å². The van der Waals surface area contributed by atoms with Gasteiger partial charge in [-0.05, 0) is 6.92 Å². The molecule has 0 aromatic carbocycles. The lowest BCUT2D eigenvalue weighted by Gasteiger charge is -2.05. The van der Waals surface area contributed by atoms with Gasteiger partial charge in [-0.3, -0.25) is 10.1 Å². The smallest absolute Gasteiger partial charge is 0.337 e. The summed E-state index contributed by atoms with van der Waals surface area (Å²) in [4.78, 5) is 19.7. The first-order valence-electron chi connectivity index (χ1n) is 5.39. The monoisotopic (exact) mass is 335 g/mol. The molecular weight excluding hydrogens is 329 g/mol. The van der Waals surface area contributed by atoms with E-state index in [-0.39, 0.29) is 32.7 Å². The average molecular weight is 337 g/mol. The Morgan fingerprint density at radius 2 is 2.15 bits per heavy atom. The van der Waals surface area contributed by atoms with Crippen LogP contribution in [-0.2, 0) is 0 Å². The van der Waals surface area contributed by atoms with Crippen LogP contribution in [0, 0.1) is 0 Å². The van der Waals surface area contributed by atoms with E-state index in [0.717, 1.165) is 0 Å². The minimum absolute atomic E-state index is 0.0405. The van der Waals surface area contributed by atoms with Crippen molar-refractivity contribution in [3.63, 3.8) is 0 Å². The number of carbonyl (C=O) groups excluding carboxylic acids is 1. The number of aromatic amines is 1. The van der Waals surface area contributed by atoms with Gasteiger partial charge in [0.2, 0.25) is 5.95 Å². The Kier molecular flexibility index (Phi) is 4.64. The number of nitrogens with one attached hydrogen (secondary N) is 2. The molecule has 2 aromatic rings. The normalized spacial score (nSPS) is 10.4. The van der Waals surface area contributed by atoms with Crippen molar-refractivity contribution in [3.8, 4) is 6.01 Å². The van der Waals surface area contributed by atoms with E-state index in [1.807, 2.05) is 0 Å². The van der Waals surface area contributed by atoms with Gasteiger partial charge in [0.25, 0.3) is 5.91 Å². The molecule has 2 heterocycles. The lowest BCUT2D eigenvalue weighted by atomic mass is 10.3. The zero-order valence-electron chi connectivity index (χ0n) is 10.1. The van der Waals surface area contributed by atoms with Crippen LogP contribution in [0.5, 0.6) is 6.01 Å². The van der Waals surface area contributed by atoms with E-state index < -0.39 is 5.91 Å². The summed E-state index contributed by atoms with van der Waals surface area (Å²) < 4.78 is 5.05. The fourth-order valence-electron chi connectivity index (χ4n) is 1.26. The molecule has 0 spiro atoms. The second kappa shape index (κ2) is 6.25. The SMILES string of the molecule is CCOc1n[nH]c(NC(=O)c2ncc(Cl)c(Cl)c2Cl)n1. The molecule has 0 aliphatic rings. The van der Waals surface area contributed by atoms with Gasteiger partial charge in [-0.2, -0.15) is 4.98 Å². The highest BCUT2D eigenvalue weighted by atomic mass is 35.5. The number of H-pyrrole nitrogens is 1. The topological polar surface area (TPSA) is 92.8 Å². The van der Waals surface area contributed by atoms with Crippen LogP contribution in [0.25, 0.3) is 0 Å². The maximum absolute atomic E-state index is 12.0. The number of pyridine rings is 1. The van der Waals surface area contributed by atoms with Crippen molar-refractivity contribution in [1.82, 2.24) is 20.2 Å². The highest BCUT2D eigenvalue weighted by Gasteiger charge is 2.18. The third-order valence-electron chi connectivity index (χ3n) is 2.10. The fourth-order valence-corrected chi connectivity index (χ4v) is 1.83. The molecule has 0 bridgehead atoms. The van der Waals surface area contributed by atoms with Crippen LogP contribution in [0.4, 0.5) is 5.95 Å². The Bertz CT molecular complexity index is 646. The van der Waals surface area contributed by atoms with E-state index in [2.05, 4.69) is 25.5 Å². The number of hydrogen-bond donors (Lipinski definition) is 2. The van der Waals surface area contributed by atoms with Crippen LogP contribution in [0.3, 0.4) is 0 Å². The Labute approximate surface area is 128 Å². The Morgan fingerprint density at radius 3 is 2.85 bits per heavy atom. The summed E-state index contributed by atoms with van der Waals surface area (Å²) in [6.07, 6.45) is 1.23. The molecular formula is C10H8Cl3N5O2. The first kappa shape index (κ1) is 14.8. The van der Waals surface area contributed by atoms with Crippen molar-refractivity contribution < 1.29 is 9.53 Å². The van der Waals surface area contributed by atoms with Crippen LogP contribution in [0.1, 0.15) is 17.4 Å². The van der Waals surface area contributed by atoms with Gasteiger partial charge in [-0.1, -0.05) is 34.8 Å². The van der Waals surface area contributed by atoms with Crippen molar-refractivity contribution in [2.45, 2.75) is 6.92 Å². The van der Waals surface area contributed by atoms with Crippen LogP contribution in [0.2, 0.25) is 15.1 Å².